The van der Waals surface area contributed by atoms with Gasteiger partial charge in [0.05, 0.1) is 0 Å². The summed E-state index contributed by atoms with van der Waals surface area (Å²) in [5, 5.41) is 20.3. The lowest BCUT2D eigenvalue weighted by atomic mass is 10.00. The standard InChI is InChI=1S/C12H16N2O4/c1-2-4-13-5-3-8-6-9(11(15)16)14-10(7-8)12(17)18/h3,5-6,10,14H,2,4,7H2,1H3,(H,15,16)(H,17,18)/b8-3+,13-5?. The van der Waals surface area contributed by atoms with Gasteiger partial charge in [-0.15, -0.1) is 0 Å². The maximum atomic E-state index is 10.9. The van der Waals surface area contributed by atoms with Gasteiger partial charge >= 0.3 is 11.9 Å². The molecule has 6 nitrogen and oxygen atoms in total. The van der Waals surface area contributed by atoms with Crippen molar-refractivity contribution >= 4 is 18.2 Å². The summed E-state index contributed by atoms with van der Waals surface area (Å²) in [4.78, 5) is 25.8. The molecule has 0 radical (unpaired) electrons. The maximum Gasteiger partial charge on any atom is 0.351 e. The van der Waals surface area contributed by atoms with Gasteiger partial charge in [0.2, 0.25) is 0 Å². The highest BCUT2D eigenvalue weighted by molar-refractivity contribution is 5.89. The van der Waals surface area contributed by atoms with Crippen LogP contribution in [0.3, 0.4) is 0 Å². The third-order valence-electron chi connectivity index (χ3n) is 2.37. The van der Waals surface area contributed by atoms with E-state index in [0.717, 1.165) is 6.42 Å². The Kier molecular flexibility index (Phi) is 5.10. The Morgan fingerprint density at radius 2 is 2.28 bits per heavy atom. The number of allylic oxidation sites excluding steroid dienone is 2. The Morgan fingerprint density at radius 3 is 2.83 bits per heavy atom. The Hall–Kier alpha value is -2.11. The van der Waals surface area contributed by atoms with Crippen LogP contribution in [0.2, 0.25) is 0 Å². The summed E-state index contributed by atoms with van der Waals surface area (Å²) < 4.78 is 0. The minimum absolute atomic E-state index is 0.108. The summed E-state index contributed by atoms with van der Waals surface area (Å²) in [5.41, 5.74) is 0.530. The number of hydrogen-bond acceptors (Lipinski definition) is 4. The SMILES string of the molecule is CCCN=C/C=C1\C=C(C(=O)O)NC(C(=O)O)C1. The van der Waals surface area contributed by atoms with Crippen LogP contribution in [0.5, 0.6) is 0 Å². The molecular weight excluding hydrogens is 236 g/mol. The zero-order valence-corrected chi connectivity index (χ0v) is 10.1. The lowest BCUT2D eigenvalue weighted by molar-refractivity contribution is -0.139. The van der Waals surface area contributed by atoms with E-state index in [0.29, 0.717) is 12.1 Å². The van der Waals surface area contributed by atoms with Crippen molar-refractivity contribution < 1.29 is 19.8 Å². The molecule has 0 aromatic carbocycles. The fourth-order valence-electron chi connectivity index (χ4n) is 1.50. The third-order valence-corrected chi connectivity index (χ3v) is 2.37. The van der Waals surface area contributed by atoms with Crippen LogP contribution in [-0.4, -0.2) is 41.0 Å². The van der Waals surface area contributed by atoms with Gasteiger partial charge in [-0.05, 0) is 24.1 Å². The third kappa shape index (κ3) is 4.04. The second kappa shape index (κ2) is 6.58. The zero-order valence-electron chi connectivity index (χ0n) is 10.1. The van der Waals surface area contributed by atoms with Gasteiger partial charge in [0, 0.05) is 19.2 Å². The number of hydrogen-bond donors (Lipinski definition) is 3. The second-order valence-electron chi connectivity index (χ2n) is 3.90. The molecule has 3 N–H and O–H groups in total. The van der Waals surface area contributed by atoms with Gasteiger partial charge < -0.3 is 15.5 Å². The molecule has 0 aliphatic carbocycles. The van der Waals surface area contributed by atoms with Crippen LogP contribution >= 0.6 is 0 Å². The Bertz CT molecular complexity index is 424. The van der Waals surface area contributed by atoms with E-state index >= 15 is 0 Å². The predicted molar refractivity (Wildman–Crippen MR) is 66.6 cm³/mol. The van der Waals surface area contributed by atoms with E-state index in [1.165, 1.54) is 6.08 Å². The molecule has 0 aromatic heterocycles. The van der Waals surface area contributed by atoms with Crippen molar-refractivity contribution in [1.29, 1.82) is 0 Å². The highest BCUT2D eigenvalue weighted by Crippen LogP contribution is 2.16. The van der Waals surface area contributed by atoms with E-state index in [1.54, 1.807) is 12.3 Å². The number of nitrogens with one attached hydrogen (secondary N) is 1. The van der Waals surface area contributed by atoms with Crippen molar-refractivity contribution in [2.45, 2.75) is 25.8 Å². The molecule has 0 fully saturated rings. The maximum absolute atomic E-state index is 10.9. The summed E-state index contributed by atoms with van der Waals surface area (Å²) in [5.74, 6) is -2.24. The highest BCUT2D eigenvalue weighted by atomic mass is 16.4. The predicted octanol–water partition coefficient (Wildman–Crippen LogP) is 0.809. The van der Waals surface area contributed by atoms with Gasteiger partial charge in [-0.25, -0.2) is 9.59 Å². The Labute approximate surface area is 105 Å². The van der Waals surface area contributed by atoms with Crippen molar-refractivity contribution in [3.05, 3.63) is 23.4 Å². The van der Waals surface area contributed by atoms with E-state index in [-0.39, 0.29) is 12.1 Å². The van der Waals surface area contributed by atoms with Gasteiger partial charge in [0.15, 0.2) is 0 Å². The van der Waals surface area contributed by atoms with Crippen molar-refractivity contribution in [1.82, 2.24) is 5.32 Å². The minimum Gasteiger partial charge on any atom is -0.480 e. The average molecular weight is 252 g/mol. The van der Waals surface area contributed by atoms with Crippen LogP contribution in [-0.2, 0) is 9.59 Å². The quantitative estimate of drug-likeness (QED) is 0.629. The van der Waals surface area contributed by atoms with E-state index in [2.05, 4.69) is 10.3 Å². The van der Waals surface area contributed by atoms with Crippen LogP contribution in [0, 0.1) is 0 Å². The molecule has 0 spiro atoms. The van der Waals surface area contributed by atoms with Crippen LogP contribution in [0.1, 0.15) is 19.8 Å². The van der Waals surface area contributed by atoms with Gasteiger partial charge in [0.1, 0.15) is 11.7 Å². The summed E-state index contributed by atoms with van der Waals surface area (Å²) in [6.07, 6.45) is 5.83. The molecule has 1 atom stereocenters. The number of aliphatic imine (C=N–C) groups is 1. The number of carboxylic acid groups (broad SMARTS) is 2. The van der Waals surface area contributed by atoms with E-state index in [1.807, 2.05) is 6.92 Å². The largest absolute Gasteiger partial charge is 0.480 e. The lowest BCUT2D eigenvalue weighted by Gasteiger charge is -2.21. The molecule has 1 aliphatic rings. The Balaban J connectivity index is 2.86. The van der Waals surface area contributed by atoms with Crippen molar-refractivity contribution in [2.24, 2.45) is 4.99 Å². The van der Waals surface area contributed by atoms with E-state index < -0.39 is 18.0 Å². The average Bonchev–Trinajstić information content (AvgIpc) is 2.34. The zero-order chi connectivity index (χ0) is 13.5. The molecule has 98 valence electrons. The molecule has 18 heavy (non-hydrogen) atoms. The van der Waals surface area contributed by atoms with Gasteiger partial charge in [-0.1, -0.05) is 6.92 Å². The first-order valence-electron chi connectivity index (χ1n) is 5.68. The molecule has 1 unspecified atom stereocenters. The first kappa shape index (κ1) is 14.0. The summed E-state index contributed by atoms with van der Waals surface area (Å²) in [6.45, 7) is 2.69. The van der Waals surface area contributed by atoms with Gasteiger partial charge in [-0.2, -0.15) is 0 Å². The topological polar surface area (TPSA) is 99.0 Å². The smallest absolute Gasteiger partial charge is 0.351 e. The molecule has 0 aromatic rings. The normalized spacial score (nSPS) is 21.7. The fraction of sp³-hybridized carbons (Fsp3) is 0.417. The van der Waals surface area contributed by atoms with Gasteiger partial charge in [-0.3, -0.25) is 4.99 Å². The fourth-order valence-corrected chi connectivity index (χ4v) is 1.50. The molecule has 0 saturated carbocycles. The molecule has 0 saturated heterocycles. The summed E-state index contributed by atoms with van der Waals surface area (Å²) in [7, 11) is 0. The Morgan fingerprint density at radius 1 is 1.56 bits per heavy atom. The van der Waals surface area contributed by atoms with E-state index in [4.69, 9.17) is 10.2 Å². The first-order chi connectivity index (χ1) is 8.54. The number of rotatable bonds is 5. The minimum atomic E-state index is -1.17. The molecule has 1 heterocycles. The monoisotopic (exact) mass is 252 g/mol. The summed E-state index contributed by atoms with van der Waals surface area (Å²) in [6, 6.07) is -0.910. The first-order valence-corrected chi connectivity index (χ1v) is 5.68. The number of nitrogens with zero attached hydrogens (tertiary/aromatic N) is 1. The molecule has 6 heteroatoms. The van der Waals surface area contributed by atoms with Crippen LogP contribution in [0.4, 0.5) is 0 Å². The van der Waals surface area contributed by atoms with Crippen LogP contribution in [0.15, 0.2) is 28.4 Å². The van der Waals surface area contributed by atoms with Gasteiger partial charge in [0.25, 0.3) is 0 Å². The molecule has 0 amide bonds. The second-order valence-corrected chi connectivity index (χ2v) is 3.90. The molecule has 1 aliphatic heterocycles. The molecule has 0 bridgehead atoms. The molecular formula is C12H16N2O4. The van der Waals surface area contributed by atoms with Crippen molar-refractivity contribution in [3.8, 4) is 0 Å². The molecule has 1 rings (SSSR count). The van der Waals surface area contributed by atoms with Crippen LogP contribution in [0.25, 0.3) is 0 Å². The van der Waals surface area contributed by atoms with Crippen molar-refractivity contribution in [2.75, 3.05) is 6.54 Å². The van der Waals surface area contributed by atoms with Crippen molar-refractivity contribution in [3.63, 3.8) is 0 Å². The van der Waals surface area contributed by atoms with Crippen LogP contribution < -0.4 is 5.32 Å². The summed E-state index contributed by atoms with van der Waals surface area (Å²) >= 11 is 0. The van der Waals surface area contributed by atoms with E-state index in [9.17, 15) is 9.59 Å². The number of carboxylic acids is 2. The highest BCUT2D eigenvalue weighted by Gasteiger charge is 2.25. The number of aliphatic carboxylic acids is 2. The number of carbonyl (C=O) groups is 2. The lowest BCUT2D eigenvalue weighted by Crippen LogP contribution is -2.41.